The number of benzene rings is 2. The van der Waals surface area contributed by atoms with E-state index in [-0.39, 0.29) is 4.90 Å². The molecule has 1 N–H and O–H groups in total. The first-order valence-electron chi connectivity index (χ1n) is 7.85. The molecule has 0 spiro atoms. The number of aryl methyl sites for hydroxylation is 1. The van der Waals surface area contributed by atoms with Crippen LogP contribution in [0.5, 0.6) is 0 Å². The Hall–Kier alpha value is -2.51. The molecule has 25 heavy (non-hydrogen) atoms. The van der Waals surface area contributed by atoms with Gasteiger partial charge in [0.2, 0.25) is 0 Å². The van der Waals surface area contributed by atoms with Gasteiger partial charge in [-0.3, -0.25) is 0 Å². The highest BCUT2D eigenvalue weighted by Gasteiger charge is 2.29. The second kappa shape index (κ2) is 6.09. The summed E-state index contributed by atoms with van der Waals surface area (Å²) in [4.78, 5) is 6.04. The first-order valence-corrected chi connectivity index (χ1v) is 10.1. The molecule has 0 fully saturated rings. The quantitative estimate of drug-likeness (QED) is 0.759. The molecular formula is C18H15N3O2S2. The van der Waals surface area contributed by atoms with E-state index in [0.29, 0.717) is 16.5 Å². The van der Waals surface area contributed by atoms with Crippen molar-refractivity contribution in [2.24, 2.45) is 4.40 Å². The Labute approximate surface area is 150 Å². The maximum Gasteiger partial charge on any atom is 0.285 e. The molecule has 5 nitrogen and oxygen atoms in total. The van der Waals surface area contributed by atoms with Crippen LogP contribution in [0.2, 0.25) is 0 Å². The van der Waals surface area contributed by atoms with Crippen molar-refractivity contribution in [2.75, 3.05) is 5.32 Å². The highest BCUT2D eigenvalue weighted by Crippen LogP contribution is 2.33. The monoisotopic (exact) mass is 369 g/mol. The molecule has 1 aliphatic heterocycles. The normalized spacial score (nSPS) is 14.8. The fourth-order valence-electron chi connectivity index (χ4n) is 2.76. The molecular weight excluding hydrogens is 354 g/mol. The van der Waals surface area contributed by atoms with Crippen molar-refractivity contribution in [3.05, 3.63) is 65.0 Å². The molecule has 1 aromatic heterocycles. The van der Waals surface area contributed by atoms with Crippen molar-refractivity contribution in [1.82, 2.24) is 4.98 Å². The van der Waals surface area contributed by atoms with Crippen LogP contribution in [-0.2, 0) is 16.4 Å². The van der Waals surface area contributed by atoms with E-state index in [1.54, 1.807) is 24.3 Å². The van der Waals surface area contributed by atoms with Crippen molar-refractivity contribution >= 4 is 32.3 Å². The molecule has 0 bridgehead atoms. The van der Waals surface area contributed by atoms with Gasteiger partial charge in [0.15, 0.2) is 11.0 Å². The van der Waals surface area contributed by atoms with Gasteiger partial charge in [-0.05, 0) is 18.6 Å². The van der Waals surface area contributed by atoms with Crippen LogP contribution in [0.15, 0.2) is 63.9 Å². The number of nitrogens with one attached hydrogen (secondary N) is 1. The lowest BCUT2D eigenvalue weighted by atomic mass is 10.1. The maximum absolute atomic E-state index is 12.2. The SMILES string of the molecule is CCc1sc(NC2=NS(=O)(=O)c3ccccc32)nc1-c1ccccc1. The minimum absolute atomic E-state index is 0.230. The smallest absolute Gasteiger partial charge is 0.285 e. The number of fused-ring (bicyclic) bond motifs is 1. The Kier molecular flexibility index (Phi) is 3.89. The number of anilines is 1. The van der Waals surface area contributed by atoms with Crippen molar-refractivity contribution in [2.45, 2.75) is 18.2 Å². The first kappa shape index (κ1) is 16.0. The van der Waals surface area contributed by atoms with Gasteiger partial charge >= 0.3 is 0 Å². The summed E-state index contributed by atoms with van der Waals surface area (Å²) in [7, 11) is -3.63. The van der Waals surface area contributed by atoms with Gasteiger partial charge in [-0.25, -0.2) is 4.98 Å². The van der Waals surface area contributed by atoms with Gasteiger partial charge in [-0.15, -0.1) is 15.7 Å². The molecule has 3 aromatic rings. The molecule has 0 saturated heterocycles. The van der Waals surface area contributed by atoms with E-state index in [1.807, 2.05) is 30.3 Å². The van der Waals surface area contributed by atoms with Gasteiger partial charge < -0.3 is 5.32 Å². The second-order valence-electron chi connectivity index (χ2n) is 5.55. The third kappa shape index (κ3) is 2.85. The minimum atomic E-state index is -3.63. The van der Waals surface area contributed by atoms with Gasteiger partial charge in [0.1, 0.15) is 4.90 Å². The zero-order valence-corrected chi connectivity index (χ0v) is 15.1. The lowest BCUT2D eigenvalue weighted by molar-refractivity contribution is 0.599. The molecule has 2 aromatic carbocycles. The van der Waals surface area contributed by atoms with Gasteiger partial charge in [-0.2, -0.15) is 8.42 Å². The minimum Gasteiger partial charge on any atom is -0.315 e. The summed E-state index contributed by atoms with van der Waals surface area (Å²) < 4.78 is 28.2. The average molecular weight is 369 g/mol. The van der Waals surface area contributed by atoms with E-state index in [0.717, 1.165) is 22.6 Å². The van der Waals surface area contributed by atoms with Crippen molar-refractivity contribution < 1.29 is 8.42 Å². The van der Waals surface area contributed by atoms with E-state index >= 15 is 0 Å². The summed E-state index contributed by atoms with van der Waals surface area (Å²) in [6.45, 7) is 2.08. The Bertz CT molecular complexity index is 1070. The molecule has 1 aliphatic rings. The summed E-state index contributed by atoms with van der Waals surface area (Å²) in [5.74, 6) is 0.326. The molecule has 0 unspecified atom stereocenters. The van der Waals surface area contributed by atoms with Gasteiger partial charge in [0, 0.05) is 16.0 Å². The van der Waals surface area contributed by atoms with Crippen LogP contribution in [0.3, 0.4) is 0 Å². The van der Waals surface area contributed by atoms with E-state index < -0.39 is 10.0 Å². The van der Waals surface area contributed by atoms with Crippen LogP contribution < -0.4 is 5.32 Å². The molecule has 4 rings (SSSR count). The summed E-state index contributed by atoms with van der Waals surface area (Å²) >= 11 is 1.52. The van der Waals surface area contributed by atoms with Gasteiger partial charge in [0.05, 0.1) is 5.69 Å². The van der Waals surface area contributed by atoms with Crippen molar-refractivity contribution in [3.63, 3.8) is 0 Å². The van der Waals surface area contributed by atoms with Crippen molar-refractivity contribution in [3.8, 4) is 11.3 Å². The molecule has 2 heterocycles. The molecule has 0 saturated carbocycles. The molecule has 0 atom stereocenters. The molecule has 126 valence electrons. The molecule has 7 heteroatoms. The van der Waals surface area contributed by atoms with Crippen LogP contribution in [0.4, 0.5) is 5.13 Å². The van der Waals surface area contributed by atoms with Crippen molar-refractivity contribution in [1.29, 1.82) is 0 Å². The zero-order valence-electron chi connectivity index (χ0n) is 13.4. The topological polar surface area (TPSA) is 71.4 Å². The predicted molar refractivity (Wildman–Crippen MR) is 101 cm³/mol. The summed E-state index contributed by atoms with van der Waals surface area (Å²) in [5.41, 5.74) is 2.55. The molecule has 0 amide bonds. The lowest BCUT2D eigenvalue weighted by Gasteiger charge is -2.02. The van der Waals surface area contributed by atoms with Gasteiger partial charge in [-0.1, -0.05) is 49.4 Å². The number of amidine groups is 1. The number of hydrogen-bond acceptors (Lipinski definition) is 5. The van der Waals surface area contributed by atoms with Crippen LogP contribution in [0.25, 0.3) is 11.3 Å². The Morgan fingerprint density at radius 3 is 2.52 bits per heavy atom. The Morgan fingerprint density at radius 1 is 1.04 bits per heavy atom. The molecule has 0 aliphatic carbocycles. The number of thiazole rings is 1. The third-order valence-corrected chi connectivity index (χ3v) is 6.37. The molecule has 0 radical (unpaired) electrons. The second-order valence-corrected chi connectivity index (χ2v) is 8.20. The lowest BCUT2D eigenvalue weighted by Crippen LogP contribution is -2.10. The maximum atomic E-state index is 12.2. The Morgan fingerprint density at radius 2 is 1.76 bits per heavy atom. The van der Waals surface area contributed by atoms with E-state index in [1.165, 1.54) is 11.3 Å². The zero-order chi connectivity index (χ0) is 17.4. The number of aromatic nitrogens is 1. The summed E-state index contributed by atoms with van der Waals surface area (Å²) in [6, 6.07) is 16.8. The third-order valence-electron chi connectivity index (χ3n) is 3.92. The van der Waals surface area contributed by atoms with E-state index in [9.17, 15) is 8.42 Å². The Balaban J connectivity index is 1.73. The largest absolute Gasteiger partial charge is 0.315 e. The first-order chi connectivity index (χ1) is 12.1. The summed E-state index contributed by atoms with van der Waals surface area (Å²) in [5, 5.41) is 3.74. The fourth-order valence-corrected chi connectivity index (χ4v) is 4.86. The number of nitrogens with zero attached hydrogens (tertiary/aromatic N) is 2. The predicted octanol–water partition coefficient (Wildman–Crippen LogP) is 3.93. The van der Waals surface area contributed by atoms with Crippen LogP contribution in [-0.4, -0.2) is 19.2 Å². The van der Waals surface area contributed by atoms with Crippen LogP contribution in [0.1, 0.15) is 17.4 Å². The highest BCUT2D eigenvalue weighted by molar-refractivity contribution is 7.90. The fraction of sp³-hybridized carbons (Fsp3) is 0.111. The van der Waals surface area contributed by atoms with E-state index in [4.69, 9.17) is 0 Å². The van der Waals surface area contributed by atoms with E-state index in [2.05, 4.69) is 21.6 Å². The van der Waals surface area contributed by atoms with Crippen LogP contribution in [0, 0.1) is 0 Å². The number of hydrogen-bond donors (Lipinski definition) is 1. The average Bonchev–Trinajstić information content (AvgIpc) is 3.15. The van der Waals surface area contributed by atoms with Gasteiger partial charge in [0.25, 0.3) is 10.0 Å². The highest BCUT2D eigenvalue weighted by atomic mass is 32.2. The number of rotatable bonds is 3. The summed E-state index contributed by atoms with van der Waals surface area (Å²) in [6.07, 6.45) is 0.852. The van der Waals surface area contributed by atoms with Crippen LogP contribution >= 0.6 is 11.3 Å². The number of sulfonamides is 1. The standard InChI is InChI=1S/C18H15N3O2S2/c1-2-14-16(12-8-4-3-5-9-12)19-18(24-14)20-17-13-10-6-7-11-15(13)25(22,23)21-17/h3-11H,2H2,1H3,(H,19,20,21).